The third kappa shape index (κ3) is 4.76. The third-order valence-electron chi connectivity index (χ3n) is 4.31. The van der Waals surface area contributed by atoms with Crippen LogP contribution in [0.25, 0.3) is 0 Å². The lowest BCUT2D eigenvalue weighted by Gasteiger charge is -2.12. The van der Waals surface area contributed by atoms with E-state index in [1.54, 1.807) is 37.3 Å². The second-order valence-corrected chi connectivity index (χ2v) is 6.35. The molecule has 3 rings (SSSR count). The van der Waals surface area contributed by atoms with Crippen molar-refractivity contribution in [3.05, 3.63) is 77.1 Å². The quantitative estimate of drug-likeness (QED) is 0.615. The fourth-order valence-electron chi connectivity index (χ4n) is 2.88. The Morgan fingerprint density at radius 1 is 1.00 bits per heavy atom. The number of methoxy groups -OCH3 is 1. The summed E-state index contributed by atoms with van der Waals surface area (Å²) >= 11 is 0. The van der Waals surface area contributed by atoms with Crippen LogP contribution in [-0.2, 0) is 11.2 Å². The summed E-state index contributed by atoms with van der Waals surface area (Å²) in [7, 11) is 1.32. The smallest absolute Gasteiger partial charge is 0.339 e. The molecule has 3 aromatic rings. The van der Waals surface area contributed by atoms with Crippen molar-refractivity contribution in [2.24, 2.45) is 0 Å². The van der Waals surface area contributed by atoms with E-state index >= 15 is 0 Å². The van der Waals surface area contributed by atoms with Crippen molar-refractivity contribution in [3.8, 4) is 0 Å². The molecule has 1 amide bonds. The highest BCUT2D eigenvalue weighted by Gasteiger charge is 2.15. The first-order valence-corrected chi connectivity index (χ1v) is 9.21. The number of rotatable bonds is 6. The van der Waals surface area contributed by atoms with Gasteiger partial charge in [0.1, 0.15) is 5.69 Å². The van der Waals surface area contributed by atoms with Crippen LogP contribution in [0, 0.1) is 6.92 Å². The first kappa shape index (κ1) is 20.0. The van der Waals surface area contributed by atoms with E-state index in [1.807, 2.05) is 31.2 Å². The summed E-state index contributed by atoms with van der Waals surface area (Å²) in [4.78, 5) is 33.4. The molecule has 0 aliphatic carbocycles. The van der Waals surface area contributed by atoms with Gasteiger partial charge in [-0.2, -0.15) is 0 Å². The van der Waals surface area contributed by atoms with Gasteiger partial charge >= 0.3 is 5.97 Å². The standard InChI is InChI=1S/C22H22N4O3/c1-4-15-9-5-7-11-17(15)24-20(27)19-13-14(2)23-22(26-19)25-18-12-8-6-10-16(18)21(28)29-3/h5-13H,4H2,1-3H3,(H,24,27)(H,23,25,26). The minimum Gasteiger partial charge on any atom is -0.465 e. The van der Waals surface area contributed by atoms with E-state index in [0.717, 1.165) is 17.7 Å². The number of aromatic nitrogens is 2. The molecule has 0 saturated carbocycles. The predicted octanol–water partition coefficient (Wildman–Crippen LogP) is 4.13. The number of hydrogen-bond donors (Lipinski definition) is 2. The molecule has 0 aliphatic heterocycles. The maximum absolute atomic E-state index is 12.8. The Balaban J connectivity index is 1.87. The number of anilines is 3. The van der Waals surface area contributed by atoms with Crippen molar-refractivity contribution in [2.45, 2.75) is 20.3 Å². The zero-order valence-corrected chi connectivity index (χ0v) is 16.5. The zero-order chi connectivity index (χ0) is 20.8. The highest BCUT2D eigenvalue weighted by Crippen LogP contribution is 2.21. The van der Waals surface area contributed by atoms with Crippen LogP contribution < -0.4 is 10.6 Å². The van der Waals surface area contributed by atoms with Crippen LogP contribution in [0.2, 0.25) is 0 Å². The first-order chi connectivity index (χ1) is 14.0. The minimum absolute atomic E-state index is 0.218. The second-order valence-electron chi connectivity index (χ2n) is 6.35. The van der Waals surface area contributed by atoms with Crippen molar-refractivity contribution < 1.29 is 14.3 Å². The Labute approximate surface area is 169 Å². The topological polar surface area (TPSA) is 93.2 Å². The Kier molecular flexibility index (Phi) is 6.19. The van der Waals surface area contributed by atoms with Crippen molar-refractivity contribution in [1.82, 2.24) is 9.97 Å². The summed E-state index contributed by atoms with van der Waals surface area (Å²) in [5.74, 6) is -0.592. The van der Waals surface area contributed by atoms with Crippen molar-refractivity contribution in [1.29, 1.82) is 0 Å². The molecule has 0 unspecified atom stereocenters. The van der Waals surface area contributed by atoms with Crippen molar-refractivity contribution in [2.75, 3.05) is 17.7 Å². The van der Waals surface area contributed by atoms with Crippen LogP contribution in [0.4, 0.5) is 17.3 Å². The lowest BCUT2D eigenvalue weighted by molar-refractivity contribution is 0.0601. The molecule has 0 bridgehead atoms. The monoisotopic (exact) mass is 390 g/mol. The largest absolute Gasteiger partial charge is 0.465 e. The summed E-state index contributed by atoms with van der Waals surface area (Å²) in [6.07, 6.45) is 0.802. The van der Waals surface area contributed by atoms with Gasteiger partial charge in [-0.25, -0.2) is 14.8 Å². The lowest BCUT2D eigenvalue weighted by Crippen LogP contribution is -2.16. The summed E-state index contributed by atoms with van der Waals surface area (Å²) < 4.78 is 4.80. The van der Waals surface area contributed by atoms with E-state index in [0.29, 0.717) is 16.9 Å². The number of carbonyl (C=O) groups is 2. The van der Waals surface area contributed by atoms with Crippen LogP contribution in [0.3, 0.4) is 0 Å². The predicted molar refractivity (Wildman–Crippen MR) is 112 cm³/mol. The third-order valence-corrected chi connectivity index (χ3v) is 4.31. The fraction of sp³-hybridized carbons (Fsp3) is 0.182. The van der Waals surface area contributed by atoms with Gasteiger partial charge in [-0.15, -0.1) is 0 Å². The Morgan fingerprint density at radius 2 is 1.69 bits per heavy atom. The number of esters is 1. The van der Waals surface area contributed by atoms with Gasteiger partial charge in [0.15, 0.2) is 0 Å². The molecule has 2 aromatic carbocycles. The molecular weight excluding hydrogens is 368 g/mol. The molecule has 0 saturated heterocycles. The molecule has 0 fully saturated rings. The first-order valence-electron chi connectivity index (χ1n) is 9.21. The van der Waals surface area contributed by atoms with Crippen LogP contribution in [-0.4, -0.2) is 29.0 Å². The number of aryl methyl sites for hydroxylation is 2. The highest BCUT2D eigenvalue weighted by molar-refractivity contribution is 6.03. The van der Waals surface area contributed by atoms with Gasteiger partial charge in [-0.1, -0.05) is 37.3 Å². The molecule has 7 nitrogen and oxygen atoms in total. The van der Waals surface area contributed by atoms with Gasteiger partial charge < -0.3 is 15.4 Å². The minimum atomic E-state index is -0.477. The molecule has 1 heterocycles. The van der Waals surface area contributed by atoms with E-state index in [1.165, 1.54) is 7.11 Å². The molecule has 0 radical (unpaired) electrons. The Morgan fingerprint density at radius 3 is 2.41 bits per heavy atom. The van der Waals surface area contributed by atoms with Crippen LogP contribution in [0.1, 0.15) is 39.0 Å². The summed E-state index contributed by atoms with van der Waals surface area (Å²) in [5.41, 5.74) is 3.47. The van der Waals surface area contributed by atoms with E-state index in [9.17, 15) is 9.59 Å². The highest BCUT2D eigenvalue weighted by atomic mass is 16.5. The normalized spacial score (nSPS) is 10.3. The number of nitrogens with one attached hydrogen (secondary N) is 2. The van der Waals surface area contributed by atoms with E-state index in [2.05, 4.69) is 20.6 Å². The number of hydrogen-bond acceptors (Lipinski definition) is 6. The molecule has 7 heteroatoms. The zero-order valence-electron chi connectivity index (χ0n) is 16.5. The molecule has 1 aromatic heterocycles. The van der Waals surface area contributed by atoms with E-state index in [-0.39, 0.29) is 17.5 Å². The number of amides is 1. The van der Waals surface area contributed by atoms with E-state index in [4.69, 9.17) is 4.74 Å². The maximum atomic E-state index is 12.8. The van der Waals surface area contributed by atoms with Crippen LogP contribution >= 0.6 is 0 Å². The second kappa shape index (κ2) is 8.97. The Bertz CT molecular complexity index is 1050. The number of para-hydroxylation sites is 2. The van der Waals surface area contributed by atoms with Gasteiger partial charge in [0.05, 0.1) is 18.4 Å². The number of nitrogens with zero attached hydrogens (tertiary/aromatic N) is 2. The molecule has 2 N–H and O–H groups in total. The van der Waals surface area contributed by atoms with Gasteiger partial charge in [0.2, 0.25) is 5.95 Å². The maximum Gasteiger partial charge on any atom is 0.339 e. The molecule has 0 atom stereocenters. The van der Waals surface area contributed by atoms with Gasteiger partial charge in [0, 0.05) is 11.4 Å². The van der Waals surface area contributed by atoms with Crippen molar-refractivity contribution >= 4 is 29.2 Å². The number of benzene rings is 2. The summed E-state index contributed by atoms with van der Waals surface area (Å²) in [5, 5.41) is 5.91. The number of carbonyl (C=O) groups excluding carboxylic acids is 2. The lowest BCUT2D eigenvalue weighted by atomic mass is 10.1. The molecule has 148 valence electrons. The molecule has 0 aliphatic rings. The average molecular weight is 390 g/mol. The van der Waals surface area contributed by atoms with Crippen LogP contribution in [0.5, 0.6) is 0 Å². The van der Waals surface area contributed by atoms with Gasteiger partial charge in [-0.3, -0.25) is 4.79 Å². The van der Waals surface area contributed by atoms with Gasteiger partial charge in [-0.05, 0) is 43.2 Å². The molecule has 0 spiro atoms. The van der Waals surface area contributed by atoms with Crippen LogP contribution in [0.15, 0.2) is 54.6 Å². The average Bonchev–Trinajstić information content (AvgIpc) is 2.73. The SMILES string of the molecule is CCc1ccccc1NC(=O)c1cc(C)nc(Nc2ccccc2C(=O)OC)n1. The molecular formula is C22H22N4O3. The molecule has 29 heavy (non-hydrogen) atoms. The van der Waals surface area contributed by atoms with E-state index < -0.39 is 5.97 Å². The number of ether oxygens (including phenoxy) is 1. The van der Waals surface area contributed by atoms with Crippen molar-refractivity contribution in [3.63, 3.8) is 0 Å². The van der Waals surface area contributed by atoms with Gasteiger partial charge in [0.25, 0.3) is 5.91 Å². The fourth-order valence-corrected chi connectivity index (χ4v) is 2.88. The summed E-state index contributed by atoms with van der Waals surface area (Å²) in [6.45, 7) is 3.80. The summed E-state index contributed by atoms with van der Waals surface area (Å²) in [6, 6.07) is 16.1. The Hall–Kier alpha value is -3.74.